The highest BCUT2D eigenvalue weighted by Gasteiger charge is 1.93. The van der Waals surface area contributed by atoms with Crippen LogP contribution in [-0.2, 0) is 11.8 Å². The molecule has 17 heavy (non-hydrogen) atoms. The number of nitrogens with one attached hydrogen (secondary N) is 1. The summed E-state index contributed by atoms with van der Waals surface area (Å²) in [5.74, 6) is 0. The van der Waals surface area contributed by atoms with Crippen LogP contribution in [0.3, 0.4) is 0 Å². The fourth-order valence-corrected chi connectivity index (χ4v) is 1.62. The standard InChI is InChI=1S/C6H6N2O.C5H7IN2/c9-5-8-6-2-1-3-7-4-6;1-4-3-8(2)5(6)7-4/h1-5H,(H,8,9);3H,1-2H3. The lowest BCUT2D eigenvalue weighted by Gasteiger charge is -1.92. The average Bonchev–Trinajstić information content (AvgIpc) is 2.59. The van der Waals surface area contributed by atoms with Gasteiger partial charge in [-0.15, -0.1) is 0 Å². The van der Waals surface area contributed by atoms with E-state index in [-0.39, 0.29) is 0 Å². The van der Waals surface area contributed by atoms with Gasteiger partial charge in [-0.2, -0.15) is 0 Å². The molecule has 0 aliphatic carbocycles. The lowest BCUT2D eigenvalue weighted by molar-refractivity contribution is -0.105. The molecule has 1 amide bonds. The van der Waals surface area contributed by atoms with Crippen molar-refractivity contribution in [2.24, 2.45) is 7.05 Å². The lowest BCUT2D eigenvalue weighted by atomic mass is 10.4. The van der Waals surface area contributed by atoms with Gasteiger partial charge in [0.2, 0.25) is 6.41 Å². The second-order valence-corrected chi connectivity index (χ2v) is 4.23. The van der Waals surface area contributed by atoms with Crippen LogP contribution in [0.15, 0.2) is 30.7 Å². The number of carbonyl (C=O) groups excluding carboxylic acids is 1. The molecule has 0 saturated carbocycles. The molecule has 6 heteroatoms. The van der Waals surface area contributed by atoms with Crippen molar-refractivity contribution < 1.29 is 4.79 Å². The van der Waals surface area contributed by atoms with E-state index < -0.39 is 0 Å². The third kappa shape index (κ3) is 4.94. The van der Waals surface area contributed by atoms with Gasteiger partial charge < -0.3 is 9.88 Å². The molecule has 0 radical (unpaired) electrons. The molecule has 1 N–H and O–H groups in total. The first-order valence-corrected chi connectivity index (χ1v) is 5.97. The van der Waals surface area contributed by atoms with Crippen molar-refractivity contribution in [2.75, 3.05) is 5.32 Å². The van der Waals surface area contributed by atoms with Crippen molar-refractivity contribution in [3.05, 3.63) is 40.2 Å². The molecule has 0 unspecified atom stereocenters. The minimum absolute atomic E-state index is 0.622. The number of aryl methyl sites for hydroxylation is 2. The average molecular weight is 344 g/mol. The molecule has 0 aromatic carbocycles. The summed E-state index contributed by atoms with van der Waals surface area (Å²) in [5.41, 5.74) is 1.80. The van der Waals surface area contributed by atoms with E-state index in [4.69, 9.17) is 0 Å². The van der Waals surface area contributed by atoms with Gasteiger partial charge in [-0.1, -0.05) is 0 Å². The summed E-state index contributed by atoms with van der Waals surface area (Å²) in [6, 6.07) is 3.52. The minimum atomic E-state index is 0.622. The molecule has 2 aromatic rings. The van der Waals surface area contributed by atoms with Gasteiger partial charge in [-0.3, -0.25) is 9.78 Å². The molecule has 0 atom stereocenters. The van der Waals surface area contributed by atoms with Crippen LogP contribution in [0.25, 0.3) is 0 Å². The van der Waals surface area contributed by atoms with E-state index in [0.29, 0.717) is 12.1 Å². The molecule has 0 aliphatic rings. The predicted molar refractivity (Wildman–Crippen MR) is 74.6 cm³/mol. The number of anilines is 1. The van der Waals surface area contributed by atoms with Crippen LogP contribution in [0.5, 0.6) is 0 Å². The Balaban J connectivity index is 0.000000171. The number of nitrogens with zero attached hydrogens (tertiary/aromatic N) is 3. The summed E-state index contributed by atoms with van der Waals surface area (Å²) in [6.45, 7) is 1.99. The fraction of sp³-hybridized carbons (Fsp3) is 0.182. The summed E-state index contributed by atoms with van der Waals surface area (Å²) in [5, 5.41) is 2.46. The Hall–Kier alpha value is -1.44. The monoisotopic (exact) mass is 344 g/mol. The fourth-order valence-electron chi connectivity index (χ4n) is 1.10. The van der Waals surface area contributed by atoms with Crippen molar-refractivity contribution in [2.45, 2.75) is 6.92 Å². The van der Waals surface area contributed by atoms with Crippen LogP contribution in [0, 0.1) is 10.8 Å². The van der Waals surface area contributed by atoms with Gasteiger partial charge in [0.25, 0.3) is 0 Å². The van der Waals surface area contributed by atoms with Gasteiger partial charge >= 0.3 is 0 Å². The van der Waals surface area contributed by atoms with Crippen molar-refractivity contribution in [3.8, 4) is 0 Å². The van der Waals surface area contributed by atoms with E-state index in [0.717, 1.165) is 9.53 Å². The maximum Gasteiger partial charge on any atom is 0.211 e. The number of hydrogen-bond donors (Lipinski definition) is 1. The first-order chi connectivity index (χ1) is 8.13. The second-order valence-electron chi connectivity index (χ2n) is 3.27. The Morgan fingerprint density at radius 3 is 2.65 bits per heavy atom. The van der Waals surface area contributed by atoms with E-state index in [1.54, 1.807) is 24.5 Å². The van der Waals surface area contributed by atoms with Gasteiger partial charge in [0, 0.05) is 19.4 Å². The largest absolute Gasteiger partial charge is 0.329 e. The summed E-state index contributed by atoms with van der Waals surface area (Å²) in [4.78, 5) is 17.8. The molecule has 90 valence electrons. The molecule has 0 fully saturated rings. The molecule has 2 aromatic heterocycles. The lowest BCUT2D eigenvalue weighted by Crippen LogP contribution is -1.92. The Labute approximate surface area is 113 Å². The Kier molecular flexibility index (Phi) is 5.61. The van der Waals surface area contributed by atoms with Gasteiger partial charge in [0.05, 0.1) is 17.6 Å². The molecule has 0 saturated heterocycles. The molecule has 0 aliphatic heterocycles. The van der Waals surface area contributed by atoms with Crippen LogP contribution >= 0.6 is 22.6 Å². The van der Waals surface area contributed by atoms with Gasteiger partial charge in [-0.05, 0) is 41.6 Å². The Bertz CT molecular complexity index is 450. The number of rotatable bonds is 2. The molecule has 5 nitrogen and oxygen atoms in total. The normalized spacial score (nSPS) is 9.12. The molecule has 2 heterocycles. The summed E-state index contributed by atoms with van der Waals surface area (Å²) >= 11 is 2.20. The smallest absolute Gasteiger partial charge is 0.211 e. The van der Waals surface area contributed by atoms with E-state index in [2.05, 4.69) is 37.9 Å². The maximum atomic E-state index is 9.84. The molecule has 0 spiro atoms. The molecule has 2 rings (SSSR count). The topological polar surface area (TPSA) is 59.8 Å². The number of halogens is 1. The first kappa shape index (κ1) is 13.6. The van der Waals surface area contributed by atoms with Crippen LogP contribution in [0.4, 0.5) is 5.69 Å². The van der Waals surface area contributed by atoms with E-state index >= 15 is 0 Å². The molecular weight excluding hydrogens is 331 g/mol. The Morgan fingerprint density at radius 2 is 2.29 bits per heavy atom. The van der Waals surface area contributed by atoms with Crippen molar-refractivity contribution in [3.63, 3.8) is 0 Å². The van der Waals surface area contributed by atoms with Crippen LogP contribution < -0.4 is 5.32 Å². The van der Waals surface area contributed by atoms with E-state index in [9.17, 15) is 4.79 Å². The first-order valence-electron chi connectivity index (χ1n) is 4.89. The zero-order valence-electron chi connectivity index (χ0n) is 9.59. The predicted octanol–water partition coefficient (Wildman–Crippen LogP) is 1.98. The number of pyridine rings is 1. The van der Waals surface area contributed by atoms with E-state index in [1.807, 2.05) is 24.7 Å². The highest BCUT2D eigenvalue weighted by atomic mass is 127. The minimum Gasteiger partial charge on any atom is -0.329 e. The van der Waals surface area contributed by atoms with Gasteiger partial charge in [0.1, 0.15) is 0 Å². The van der Waals surface area contributed by atoms with Crippen molar-refractivity contribution in [1.29, 1.82) is 0 Å². The highest BCUT2D eigenvalue weighted by molar-refractivity contribution is 14.1. The highest BCUT2D eigenvalue weighted by Crippen LogP contribution is 2.01. The second kappa shape index (κ2) is 7.00. The summed E-state index contributed by atoms with van der Waals surface area (Å²) in [7, 11) is 1.99. The third-order valence-corrected chi connectivity index (χ3v) is 2.83. The number of imidazole rings is 1. The van der Waals surface area contributed by atoms with Crippen LogP contribution in [-0.4, -0.2) is 20.9 Å². The van der Waals surface area contributed by atoms with Crippen LogP contribution in [0.2, 0.25) is 0 Å². The zero-order valence-corrected chi connectivity index (χ0v) is 11.7. The SMILES string of the molecule is Cc1cn(C)c(I)n1.O=CNc1cccnc1. The van der Waals surface area contributed by atoms with Gasteiger partial charge in [-0.25, -0.2) is 4.98 Å². The quantitative estimate of drug-likeness (QED) is 0.670. The Morgan fingerprint density at radius 1 is 1.53 bits per heavy atom. The summed E-state index contributed by atoms with van der Waals surface area (Å²) < 4.78 is 3.04. The molecular formula is C11H13IN4O. The number of aromatic nitrogens is 3. The van der Waals surface area contributed by atoms with E-state index in [1.165, 1.54) is 0 Å². The summed E-state index contributed by atoms with van der Waals surface area (Å²) in [6.07, 6.45) is 5.85. The third-order valence-electron chi connectivity index (χ3n) is 1.83. The molecule has 0 bridgehead atoms. The van der Waals surface area contributed by atoms with Gasteiger partial charge in [0.15, 0.2) is 3.83 Å². The van der Waals surface area contributed by atoms with Crippen molar-refractivity contribution in [1.82, 2.24) is 14.5 Å². The van der Waals surface area contributed by atoms with Crippen LogP contribution in [0.1, 0.15) is 5.69 Å². The number of hydrogen-bond acceptors (Lipinski definition) is 3. The van der Waals surface area contributed by atoms with Crippen molar-refractivity contribution >= 4 is 34.7 Å². The number of carbonyl (C=O) groups is 1. The zero-order chi connectivity index (χ0) is 12.7. The maximum absolute atomic E-state index is 9.84. The number of amides is 1.